The van der Waals surface area contributed by atoms with E-state index in [0.29, 0.717) is 27.1 Å². The Morgan fingerprint density at radius 2 is 1.61 bits per heavy atom. The maximum absolute atomic E-state index is 12.9. The minimum absolute atomic E-state index is 0.144. The first kappa shape index (κ1) is 26.5. The lowest BCUT2D eigenvalue weighted by Crippen LogP contribution is -2.47. The second kappa shape index (κ2) is 11.7. The third-order valence-electron chi connectivity index (χ3n) is 5.08. The van der Waals surface area contributed by atoms with Gasteiger partial charge in [0.1, 0.15) is 10.1 Å². The number of amides is 2. The molecule has 0 bridgehead atoms. The monoisotopic (exact) mass is 576 g/mol. The number of carbonyl (C=O) groups excluding carboxylic acids is 2. The van der Waals surface area contributed by atoms with Gasteiger partial charge in [0, 0.05) is 5.56 Å². The van der Waals surface area contributed by atoms with Crippen LogP contribution in [0.15, 0.2) is 89.8 Å². The molecule has 1 aliphatic heterocycles. The number of hydrogen-bond donors (Lipinski definition) is 1. The molecule has 36 heavy (non-hydrogen) atoms. The molecule has 1 fully saturated rings. The molecule has 0 spiro atoms. The van der Waals surface area contributed by atoms with Gasteiger partial charge in [-0.15, -0.1) is 0 Å². The number of ether oxygens (including phenoxy) is 1. The summed E-state index contributed by atoms with van der Waals surface area (Å²) in [5.41, 5.74) is 2.17. The number of nitrogens with one attached hydrogen (secondary N) is 1. The summed E-state index contributed by atoms with van der Waals surface area (Å²) in [4.78, 5) is 27.5. The average Bonchev–Trinajstić information content (AvgIpc) is 3.12. The van der Waals surface area contributed by atoms with E-state index in [9.17, 15) is 9.59 Å². The number of hydrogen-bond acceptors (Lipinski definition) is 5. The van der Waals surface area contributed by atoms with Crippen LogP contribution in [0, 0.1) is 0 Å². The Morgan fingerprint density at radius 3 is 2.22 bits per heavy atom. The number of rotatable bonds is 7. The molecule has 0 aliphatic carbocycles. The minimum atomic E-state index is -1.92. The zero-order chi connectivity index (χ0) is 25.7. The quantitative estimate of drug-likeness (QED) is 0.149. The standard InChI is InChI=1S/C26H19Cl3N2O3S2/c27-26(28,29)24(30-22(32)19-9-5-2-6-10-19)34-20-13-11-17(12-14-20)15-21-23(33)31(25(35)36-21)16-18-7-3-1-4-8-18/h1-15,24H,16H2,(H,30,32)/b21-15-. The third-order valence-corrected chi connectivity index (χ3v) is 7.06. The van der Waals surface area contributed by atoms with Crippen molar-refractivity contribution in [3.8, 4) is 5.75 Å². The lowest BCUT2D eigenvalue weighted by atomic mass is 10.2. The molecule has 4 rings (SSSR count). The highest BCUT2D eigenvalue weighted by Crippen LogP contribution is 2.35. The van der Waals surface area contributed by atoms with Crippen LogP contribution in [-0.4, -0.2) is 31.1 Å². The van der Waals surface area contributed by atoms with Gasteiger partial charge >= 0.3 is 0 Å². The summed E-state index contributed by atoms with van der Waals surface area (Å²) in [5, 5.41) is 2.59. The molecule has 3 aromatic carbocycles. The zero-order valence-electron chi connectivity index (χ0n) is 18.6. The fourth-order valence-electron chi connectivity index (χ4n) is 3.30. The Kier molecular flexibility index (Phi) is 8.59. The van der Waals surface area contributed by atoms with E-state index in [4.69, 9.17) is 51.8 Å². The molecule has 0 aromatic heterocycles. The van der Waals surface area contributed by atoms with Crippen LogP contribution in [-0.2, 0) is 11.3 Å². The Bertz CT molecular complexity index is 1280. The van der Waals surface area contributed by atoms with Gasteiger partial charge in [-0.05, 0) is 41.5 Å². The third kappa shape index (κ3) is 6.81. The van der Waals surface area contributed by atoms with Crippen LogP contribution in [0.5, 0.6) is 5.75 Å². The molecule has 1 unspecified atom stereocenters. The molecule has 0 saturated carbocycles. The second-order valence-corrected chi connectivity index (χ2v) is 11.7. The van der Waals surface area contributed by atoms with Crippen molar-refractivity contribution in [1.29, 1.82) is 0 Å². The van der Waals surface area contributed by atoms with Gasteiger partial charge in [0.05, 0.1) is 11.4 Å². The molecular weight excluding hydrogens is 559 g/mol. The van der Waals surface area contributed by atoms with E-state index in [2.05, 4.69) is 5.32 Å². The smallest absolute Gasteiger partial charge is 0.266 e. The number of alkyl halides is 3. The number of nitrogens with zero attached hydrogens (tertiary/aromatic N) is 1. The Labute approximate surface area is 233 Å². The molecule has 5 nitrogen and oxygen atoms in total. The number of thiocarbonyl (C=S) groups is 1. The number of benzene rings is 3. The summed E-state index contributed by atoms with van der Waals surface area (Å²) < 4.78 is 4.36. The van der Waals surface area contributed by atoms with Crippen LogP contribution in [0.4, 0.5) is 0 Å². The maximum Gasteiger partial charge on any atom is 0.266 e. The highest BCUT2D eigenvalue weighted by Gasteiger charge is 2.36. The van der Waals surface area contributed by atoms with E-state index in [0.717, 1.165) is 11.1 Å². The first-order chi connectivity index (χ1) is 17.2. The minimum Gasteiger partial charge on any atom is -0.466 e. The first-order valence-corrected chi connectivity index (χ1v) is 13.1. The van der Waals surface area contributed by atoms with E-state index in [1.807, 2.05) is 30.3 Å². The molecule has 2 amide bonds. The van der Waals surface area contributed by atoms with Crippen LogP contribution in [0.1, 0.15) is 21.5 Å². The van der Waals surface area contributed by atoms with E-state index < -0.39 is 15.9 Å². The average molecular weight is 578 g/mol. The van der Waals surface area contributed by atoms with Crippen molar-refractivity contribution in [3.63, 3.8) is 0 Å². The van der Waals surface area contributed by atoms with Crippen LogP contribution < -0.4 is 10.1 Å². The van der Waals surface area contributed by atoms with E-state index in [1.54, 1.807) is 65.6 Å². The molecule has 10 heteroatoms. The molecule has 1 heterocycles. The van der Waals surface area contributed by atoms with Crippen molar-refractivity contribution < 1.29 is 14.3 Å². The molecule has 1 atom stereocenters. The van der Waals surface area contributed by atoms with E-state index in [1.165, 1.54) is 11.8 Å². The van der Waals surface area contributed by atoms with Gasteiger partial charge < -0.3 is 10.1 Å². The normalized spacial score (nSPS) is 15.8. The molecular formula is C26H19Cl3N2O3S2. The Morgan fingerprint density at radius 1 is 1.00 bits per heavy atom. The SMILES string of the molecule is O=C(NC(Oc1ccc(/C=C2\SC(=S)N(Cc3ccccc3)C2=O)cc1)C(Cl)(Cl)Cl)c1ccccc1. The lowest BCUT2D eigenvalue weighted by Gasteiger charge is -2.26. The van der Waals surface area contributed by atoms with Crippen molar-refractivity contribution >= 4 is 81.0 Å². The fraction of sp³-hybridized carbons (Fsp3) is 0.115. The van der Waals surface area contributed by atoms with Crippen molar-refractivity contribution in [2.75, 3.05) is 0 Å². The van der Waals surface area contributed by atoms with E-state index >= 15 is 0 Å². The predicted octanol–water partition coefficient (Wildman–Crippen LogP) is 6.59. The summed E-state index contributed by atoms with van der Waals surface area (Å²) >= 11 is 24.8. The molecule has 1 aliphatic rings. The van der Waals surface area contributed by atoms with Crippen LogP contribution in [0.25, 0.3) is 6.08 Å². The van der Waals surface area contributed by atoms with Gasteiger partial charge in [0.2, 0.25) is 10.0 Å². The molecule has 184 valence electrons. The van der Waals surface area contributed by atoms with Crippen molar-refractivity contribution in [3.05, 3.63) is 107 Å². The van der Waals surface area contributed by atoms with Gasteiger partial charge in [-0.3, -0.25) is 14.5 Å². The number of thioether (sulfide) groups is 1. The summed E-state index contributed by atoms with van der Waals surface area (Å²) in [7, 11) is 0. The summed E-state index contributed by atoms with van der Waals surface area (Å²) in [6, 6.07) is 25.1. The van der Waals surface area contributed by atoms with Gasteiger partial charge in [-0.25, -0.2) is 0 Å². The summed E-state index contributed by atoms with van der Waals surface area (Å²) in [6.07, 6.45) is 0.521. The van der Waals surface area contributed by atoms with Gasteiger partial charge in [-0.2, -0.15) is 0 Å². The Hall–Kier alpha value is -2.55. The molecule has 3 aromatic rings. The van der Waals surface area contributed by atoms with Crippen LogP contribution in [0.3, 0.4) is 0 Å². The van der Waals surface area contributed by atoms with Gasteiger partial charge in [-0.1, -0.05) is 119 Å². The number of halogens is 3. The topological polar surface area (TPSA) is 58.6 Å². The largest absolute Gasteiger partial charge is 0.466 e. The predicted molar refractivity (Wildman–Crippen MR) is 150 cm³/mol. The van der Waals surface area contributed by atoms with Crippen LogP contribution >= 0.6 is 58.8 Å². The second-order valence-electron chi connectivity index (χ2n) is 7.70. The van der Waals surface area contributed by atoms with Crippen molar-refractivity contribution in [1.82, 2.24) is 10.2 Å². The first-order valence-electron chi connectivity index (χ1n) is 10.7. The fourth-order valence-corrected chi connectivity index (χ4v) is 4.85. The highest BCUT2D eigenvalue weighted by molar-refractivity contribution is 8.26. The molecule has 1 N–H and O–H groups in total. The zero-order valence-corrected chi connectivity index (χ0v) is 22.5. The lowest BCUT2D eigenvalue weighted by molar-refractivity contribution is -0.122. The van der Waals surface area contributed by atoms with Crippen molar-refractivity contribution in [2.24, 2.45) is 0 Å². The summed E-state index contributed by atoms with van der Waals surface area (Å²) in [5.74, 6) is -0.219. The van der Waals surface area contributed by atoms with Crippen molar-refractivity contribution in [2.45, 2.75) is 16.6 Å². The Balaban J connectivity index is 1.43. The van der Waals surface area contributed by atoms with Crippen LogP contribution in [0.2, 0.25) is 0 Å². The highest BCUT2D eigenvalue weighted by atomic mass is 35.6. The summed E-state index contributed by atoms with van der Waals surface area (Å²) in [6.45, 7) is 0.419. The molecule has 1 saturated heterocycles. The van der Waals surface area contributed by atoms with E-state index in [-0.39, 0.29) is 5.91 Å². The van der Waals surface area contributed by atoms with Gasteiger partial charge in [0.25, 0.3) is 11.8 Å². The maximum atomic E-state index is 12.9. The number of carbonyl (C=O) groups is 2. The molecule has 0 radical (unpaired) electrons. The van der Waals surface area contributed by atoms with Gasteiger partial charge in [0.15, 0.2) is 0 Å².